The molecule has 0 aliphatic rings. The molecular formula is C19H19N3O4S2. The number of nitrogens with one attached hydrogen (secondary N) is 1. The fourth-order valence-electron chi connectivity index (χ4n) is 2.54. The van der Waals surface area contributed by atoms with Crippen LogP contribution in [-0.4, -0.2) is 32.8 Å². The van der Waals surface area contributed by atoms with Crippen molar-refractivity contribution in [2.24, 2.45) is 0 Å². The number of sulfonamides is 1. The molecule has 3 rings (SSSR count). The largest absolute Gasteiger partial charge is 0.283 e. The number of nitrogens with zero attached hydrogens (tertiary/aromatic N) is 2. The minimum absolute atomic E-state index is 0.0558. The first-order chi connectivity index (χ1) is 13.3. The molecule has 0 atom stereocenters. The van der Waals surface area contributed by atoms with Crippen LogP contribution in [0.25, 0.3) is 11.3 Å². The molecule has 0 saturated heterocycles. The van der Waals surface area contributed by atoms with Crippen LogP contribution in [0.1, 0.15) is 12.5 Å². The number of hydrogen-bond acceptors (Lipinski definition) is 6. The van der Waals surface area contributed by atoms with E-state index in [1.54, 1.807) is 54.6 Å². The molecule has 0 aliphatic carbocycles. The summed E-state index contributed by atoms with van der Waals surface area (Å²) in [5.41, 5.74) is 2.14. The summed E-state index contributed by atoms with van der Waals surface area (Å²) in [4.78, 5) is 0. The van der Waals surface area contributed by atoms with Gasteiger partial charge in [0.2, 0.25) is 10.0 Å². The molecule has 146 valence electrons. The van der Waals surface area contributed by atoms with Crippen molar-refractivity contribution in [3.8, 4) is 11.3 Å². The molecule has 0 aliphatic heterocycles. The summed E-state index contributed by atoms with van der Waals surface area (Å²) < 4.78 is 51.0. The predicted octanol–water partition coefficient (Wildman–Crippen LogP) is 2.88. The van der Waals surface area contributed by atoms with Crippen LogP contribution in [0.3, 0.4) is 0 Å². The predicted molar refractivity (Wildman–Crippen MR) is 108 cm³/mol. The number of benzene rings is 2. The fourth-order valence-corrected chi connectivity index (χ4v) is 4.46. The molecule has 28 heavy (non-hydrogen) atoms. The van der Waals surface area contributed by atoms with E-state index in [9.17, 15) is 16.8 Å². The van der Waals surface area contributed by atoms with Crippen molar-refractivity contribution in [1.82, 2.24) is 10.2 Å². The van der Waals surface area contributed by atoms with E-state index in [1.165, 1.54) is 13.0 Å². The van der Waals surface area contributed by atoms with Crippen LogP contribution in [0.4, 0.5) is 5.69 Å². The lowest BCUT2D eigenvalue weighted by Crippen LogP contribution is -2.15. The maximum Gasteiger partial charge on any atom is 0.236 e. The molecule has 9 heteroatoms. The third-order valence-electron chi connectivity index (χ3n) is 3.97. The first-order valence-corrected chi connectivity index (χ1v) is 11.8. The summed E-state index contributed by atoms with van der Waals surface area (Å²) in [6.07, 6.45) is 0. The summed E-state index contributed by atoms with van der Waals surface area (Å²) in [6, 6.07) is 18.5. The van der Waals surface area contributed by atoms with E-state index in [2.05, 4.69) is 14.9 Å². The summed E-state index contributed by atoms with van der Waals surface area (Å²) in [5, 5.41) is 7.66. The minimum Gasteiger partial charge on any atom is -0.283 e. The molecule has 0 fully saturated rings. The van der Waals surface area contributed by atoms with Gasteiger partial charge >= 0.3 is 0 Å². The van der Waals surface area contributed by atoms with Gasteiger partial charge in [-0.15, -0.1) is 10.2 Å². The van der Waals surface area contributed by atoms with Crippen LogP contribution >= 0.6 is 0 Å². The standard InChI is InChI=1S/C19H19N3O4S2/c1-2-27(23,24)19-12-11-18(20-21-19)16-9-6-10-17(13-16)22-28(25,26)14-15-7-4-3-5-8-15/h3-13,22H,2,14H2,1H3. The summed E-state index contributed by atoms with van der Waals surface area (Å²) in [7, 11) is -7.01. The Bertz CT molecular complexity index is 1160. The molecule has 0 amide bonds. The minimum atomic E-state index is -3.58. The van der Waals surface area contributed by atoms with Gasteiger partial charge in [0.1, 0.15) is 0 Å². The number of rotatable bonds is 7. The Kier molecular flexibility index (Phi) is 5.76. The van der Waals surface area contributed by atoms with Gasteiger partial charge in [-0.3, -0.25) is 4.72 Å². The summed E-state index contributed by atoms with van der Waals surface area (Å²) in [5.74, 6) is -0.193. The highest BCUT2D eigenvalue weighted by Gasteiger charge is 2.15. The van der Waals surface area contributed by atoms with Gasteiger partial charge in [0.05, 0.1) is 17.2 Å². The molecule has 0 saturated carbocycles. The van der Waals surface area contributed by atoms with Crippen molar-refractivity contribution in [1.29, 1.82) is 0 Å². The average molecular weight is 418 g/mol. The zero-order valence-corrected chi connectivity index (χ0v) is 16.7. The van der Waals surface area contributed by atoms with Crippen molar-refractivity contribution in [2.75, 3.05) is 10.5 Å². The molecule has 1 aromatic heterocycles. The maximum absolute atomic E-state index is 12.4. The lowest BCUT2D eigenvalue weighted by Gasteiger charge is -2.09. The first kappa shape index (κ1) is 20.0. The molecule has 1 heterocycles. The number of hydrogen-bond donors (Lipinski definition) is 1. The van der Waals surface area contributed by atoms with Crippen LogP contribution in [0.5, 0.6) is 0 Å². The number of sulfone groups is 1. The van der Waals surface area contributed by atoms with Crippen molar-refractivity contribution < 1.29 is 16.8 Å². The maximum atomic E-state index is 12.4. The van der Waals surface area contributed by atoms with Crippen molar-refractivity contribution in [2.45, 2.75) is 17.7 Å². The van der Waals surface area contributed by atoms with Crippen molar-refractivity contribution >= 4 is 25.5 Å². The zero-order chi connectivity index (χ0) is 20.2. The van der Waals surface area contributed by atoms with E-state index in [0.29, 0.717) is 22.5 Å². The molecule has 0 spiro atoms. The SMILES string of the molecule is CCS(=O)(=O)c1ccc(-c2cccc(NS(=O)(=O)Cc3ccccc3)c2)nn1. The molecular weight excluding hydrogens is 398 g/mol. The first-order valence-electron chi connectivity index (χ1n) is 8.50. The Morgan fingerprint density at radius 2 is 1.61 bits per heavy atom. The molecule has 0 radical (unpaired) electrons. The molecule has 3 aromatic rings. The van der Waals surface area contributed by atoms with E-state index < -0.39 is 19.9 Å². The van der Waals surface area contributed by atoms with Gasteiger partial charge in [0.25, 0.3) is 0 Å². The van der Waals surface area contributed by atoms with Crippen LogP contribution in [-0.2, 0) is 25.6 Å². The zero-order valence-electron chi connectivity index (χ0n) is 15.1. The molecule has 0 unspecified atom stereocenters. The highest BCUT2D eigenvalue weighted by Crippen LogP contribution is 2.22. The highest BCUT2D eigenvalue weighted by atomic mass is 32.2. The monoisotopic (exact) mass is 417 g/mol. The Balaban J connectivity index is 1.81. The van der Waals surface area contributed by atoms with Gasteiger partial charge in [-0.1, -0.05) is 49.4 Å². The third-order valence-corrected chi connectivity index (χ3v) is 6.85. The van der Waals surface area contributed by atoms with Gasteiger partial charge in [-0.05, 0) is 29.8 Å². The third kappa shape index (κ3) is 4.93. The Labute approximate surface area is 164 Å². The smallest absolute Gasteiger partial charge is 0.236 e. The van der Waals surface area contributed by atoms with E-state index in [0.717, 1.165) is 0 Å². The van der Waals surface area contributed by atoms with Crippen LogP contribution in [0, 0.1) is 0 Å². The summed E-state index contributed by atoms with van der Waals surface area (Å²) >= 11 is 0. The highest BCUT2D eigenvalue weighted by molar-refractivity contribution is 7.92. The quantitative estimate of drug-likeness (QED) is 0.634. The number of aromatic nitrogens is 2. The van der Waals surface area contributed by atoms with Gasteiger partial charge < -0.3 is 0 Å². The van der Waals surface area contributed by atoms with E-state index in [-0.39, 0.29) is 16.5 Å². The van der Waals surface area contributed by atoms with Crippen LogP contribution < -0.4 is 4.72 Å². The normalized spacial score (nSPS) is 11.9. The van der Waals surface area contributed by atoms with Gasteiger partial charge in [0.15, 0.2) is 14.9 Å². The molecule has 1 N–H and O–H groups in total. The second-order valence-electron chi connectivity index (χ2n) is 6.09. The fraction of sp³-hybridized carbons (Fsp3) is 0.158. The Morgan fingerprint density at radius 1 is 0.857 bits per heavy atom. The second kappa shape index (κ2) is 8.07. The van der Waals surface area contributed by atoms with Gasteiger partial charge in [-0.2, -0.15) is 0 Å². The lowest BCUT2D eigenvalue weighted by molar-refractivity contribution is 0.591. The average Bonchev–Trinajstić information content (AvgIpc) is 2.68. The number of anilines is 1. The van der Waals surface area contributed by atoms with Gasteiger partial charge in [-0.25, -0.2) is 16.8 Å². The van der Waals surface area contributed by atoms with Crippen LogP contribution in [0.15, 0.2) is 71.8 Å². The molecule has 2 aromatic carbocycles. The van der Waals surface area contributed by atoms with E-state index >= 15 is 0 Å². The topological polar surface area (TPSA) is 106 Å². The molecule has 7 nitrogen and oxygen atoms in total. The van der Waals surface area contributed by atoms with E-state index in [4.69, 9.17) is 0 Å². The van der Waals surface area contributed by atoms with Gasteiger partial charge in [0, 0.05) is 11.3 Å². The Hall–Kier alpha value is -2.78. The van der Waals surface area contributed by atoms with E-state index in [1.807, 2.05) is 6.07 Å². The second-order valence-corrected chi connectivity index (χ2v) is 10.0. The van der Waals surface area contributed by atoms with Crippen molar-refractivity contribution in [3.63, 3.8) is 0 Å². The molecule has 0 bridgehead atoms. The lowest BCUT2D eigenvalue weighted by atomic mass is 10.1. The van der Waals surface area contributed by atoms with Crippen LogP contribution in [0.2, 0.25) is 0 Å². The van der Waals surface area contributed by atoms with Crippen molar-refractivity contribution in [3.05, 3.63) is 72.3 Å². The Morgan fingerprint density at radius 3 is 2.25 bits per heavy atom. The summed E-state index contributed by atoms with van der Waals surface area (Å²) in [6.45, 7) is 1.54.